The van der Waals surface area contributed by atoms with E-state index >= 15 is 0 Å². The van der Waals surface area contributed by atoms with Gasteiger partial charge in [-0.2, -0.15) is 5.10 Å². The van der Waals surface area contributed by atoms with Crippen LogP contribution in [0.1, 0.15) is 32.7 Å². The summed E-state index contributed by atoms with van der Waals surface area (Å²) >= 11 is 0. The number of aryl methyl sites for hydroxylation is 1. The number of amides is 1. The molecule has 1 N–H and O–H groups in total. The Hall–Kier alpha value is -3.68. The predicted molar refractivity (Wildman–Crippen MR) is 107 cm³/mol. The van der Waals surface area contributed by atoms with Gasteiger partial charge in [-0.3, -0.25) is 9.58 Å². The normalized spacial score (nSPS) is 12.7. The van der Waals surface area contributed by atoms with E-state index in [1.54, 1.807) is 10.7 Å². The molecule has 1 aliphatic heterocycles. The summed E-state index contributed by atoms with van der Waals surface area (Å²) in [5, 5.41) is 14.0. The van der Waals surface area contributed by atoms with Crippen LogP contribution in [0.15, 0.2) is 42.5 Å². The number of fused-ring (bicyclic) bond motifs is 1. The molecule has 4 rings (SSSR count). The van der Waals surface area contributed by atoms with Crippen molar-refractivity contribution in [3.63, 3.8) is 0 Å². The summed E-state index contributed by atoms with van der Waals surface area (Å²) in [6, 6.07) is 12.1. The van der Waals surface area contributed by atoms with Crippen molar-refractivity contribution in [2.45, 2.75) is 26.6 Å². The molecule has 0 fully saturated rings. The molecule has 0 saturated heterocycles. The maximum atomic E-state index is 14.0. The van der Waals surface area contributed by atoms with Crippen LogP contribution in [0.25, 0.3) is 11.3 Å². The van der Waals surface area contributed by atoms with Crippen LogP contribution in [0.3, 0.4) is 0 Å². The number of nitrogens with zero attached hydrogens (tertiary/aromatic N) is 3. The first-order valence-corrected chi connectivity index (χ1v) is 9.38. The van der Waals surface area contributed by atoms with Crippen LogP contribution in [0.5, 0.6) is 0 Å². The van der Waals surface area contributed by atoms with E-state index in [1.807, 2.05) is 31.2 Å². The molecule has 0 unspecified atom stereocenters. The fourth-order valence-electron chi connectivity index (χ4n) is 3.77. The van der Waals surface area contributed by atoms with E-state index in [0.29, 0.717) is 17.8 Å². The average molecular weight is 409 g/mol. The number of benzene rings is 2. The van der Waals surface area contributed by atoms with Gasteiger partial charge in [0.2, 0.25) is 0 Å². The fraction of sp³-hybridized carbons (Fsp3) is 0.227. The van der Waals surface area contributed by atoms with Gasteiger partial charge < -0.3 is 9.84 Å². The number of carboxylic acid groups (broad SMARTS) is 1. The first-order chi connectivity index (χ1) is 14.4. The number of ether oxygens (including phenoxy) is 1. The second-order valence-electron chi connectivity index (χ2n) is 7.19. The number of hydrogen-bond acceptors (Lipinski definition) is 4. The van der Waals surface area contributed by atoms with Crippen molar-refractivity contribution in [3.05, 3.63) is 76.2 Å². The molecule has 8 heteroatoms. The maximum Gasteiger partial charge on any atom is 0.407 e. The number of aromatic nitrogens is 2. The van der Waals surface area contributed by atoms with Crippen LogP contribution in [0, 0.1) is 12.7 Å². The smallest absolute Gasteiger partial charge is 0.407 e. The first kappa shape index (κ1) is 19.6. The van der Waals surface area contributed by atoms with E-state index in [0.717, 1.165) is 22.4 Å². The van der Waals surface area contributed by atoms with Crippen molar-refractivity contribution < 1.29 is 23.8 Å². The summed E-state index contributed by atoms with van der Waals surface area (Å²) in [6.07, 6.45) is -0.989. The fourth-order valence-corrected chi connectivity index (χ4v) is 3.77. The Labute approximate surface area is 172 Å². The lowest BCUT2D eigenvalue weighted by molar-refractivity contribution is 0.0595. The zero-order valence-corrected chi connectivity index (χ0v) is 16.6. The molecular weight excluding hydrogens is 389 g/mol. The molecule has 2 heterocycles. The average Bonchev–Trinajstić information content (AvgIpc) is 3.27. The Bertz CT molecular complexity index is 1160. The third kappa shape index (κ3) is 3.41. The number of halogens is 1. The number of methoxy groups -OCH3 is 1. The highest BCUT2D eigenvalue weighted by Crippen LogP contribution is 2.35. The Balaban J connectivity index is 1.79. The van der Waals surface area contributed by atoms with Crippen molar-refractivity contribution in [3.8, 4) is 11.3 Å². The van der Waals surface area contributed by atoms with Gasteiger partial charge in [-0.05, 0) is 30.2 Å². The Morgan fingerprint density at radius 3 is 2.67 bits per heavy atom. The third-order valence-corrected chi connectivity index (χ3v) is 5.26. The SMILES string of the molecule is COC(=O)c1cc(Cn2nc3c(c2-c2ccccc2C)CN(C(=O)O)C3)ccc1F. The molecule has 1 aromatic heterocycles. The topological polar surface area (TPSA) is 84.7 Å². The maximum absolute atomic E-state index is 14.0. The van der Waals surface area contributed by atoms with Crippen LogP contribution < -0.4 is 0 Å². The molecule has 0 radical (unpaired) electrons. The Morgan fingerprint density at radius 2 is 1.97 bits per heavy atom. The first-order valence-electron chi connectivity index (χ1n) is 9.38. The molecule has 1 aliphatic rings. The monoisotopic (exact) mass is 409 g/mol. The number of esters is 1. The Kier molecular flexibility index (Phi) is 4.99. The minimum atomic E-state index is -0.989. The number of carbonyl (C=O) groups excluding carboxylic acids is 1. The Morgan fingerprint density at radius 1 is 1.20 bits per heavy atom. The number of hydrogen-bond donors (Lipinski definition) is 1. The molecule has 1 amide bonds. The minimum absolute atomic E-state index is 0.135. The molecule has 0 saturated carbocycles. The lowest BCUT2D eigenvalue weighted by atomic mass is 10.0. The van der Waals surface area contributed by atoms with Gasteiger partial charge in [0.05, 0.1) is 43.7 Å². The quantitative estimate of drug-likeness (QED) is 0.662. The molecule has 3 aromatic rings. The second-order valence-corrected chi connectivity index (χ2v) is 7.19. The highest BCUT2D eigenvalue weighted by atomic mass is 19.1. The third-order valence-electron chi connectivity index (χ3n) is 5.26. The summed E-state index contributed by atoms with van der Waals surface area (Å²) in [7, 11) is 1.21. The number of rotatable bonds is 4. The summed E-state index contributed by atoms with van der Waals surface area (Å²) < 4.78 is 20.5. The van der Waals surface area contributed by atoms with Gasteiger partial charge in [0, 0.05) is 11.1 Å². The highest BCUT2D eigenvalue weighted by molar-refractivity contribution is 5.89. The lowest BCUT2D eigenvalue weighted by Gasteiger charge is -2.15. The zero-order chi connectivity index (χ0) is 21.4. The van der Waals surface area contributed by atoms with Gasteiger partial charge >= 0.3 is 12.1 Å². The van der Waals surface area contributed by atoms with E-state index in [-0.39, 0.29) is 18.7 Å². The van der Waals surface area contributed by atoms with Crippen LogP contribution >= 0.6 is 0 Å². The van der Waals surface area contributed by atoms with Crippen LogP contribution in [-0.2, 0) is 24.4 Å². The van der Waals surface area contributed by atoms with Crippen molar-refractivity contribution in [1.82, 2.24) is 14.7 Å². The van der Waals surface area contributed by atoms with Gasteiger partial charge in [-0.25, -0.2) is 14.0 Å². The summed E-state index contributed by atoms with van der Waals surface area (Å²) in [6.45, 7) is 2.75. The van der Waals surface area contributed by atoms with Crippen LogP contribution in [0.2, 0.25) is 0 Å². The number of carbonyl (C=O) groups is 2. The predicted octanol–water partition coefficient (Wildman–Crippen LogP) is 3.83. The summed E-state index contributed by atoms with van der Waals surface area (Å²) in [4.78, 5) is 24.6. The molecule has 0 aliphatic carbocycles. The highest BCUT2D eigenvalue weighted by Gasteiger charge is 2.31. The summed E-state index contributed by atoms with van der Waals surface area (Å²) in [5.41, 5.74) is 4.93. The molecule has 30 heavy (non-hydrogen) atoms. The molecule has 2 aromatic carbocycles. The molecular formula is C22H20FN3O4. The van der Waals surface area contributed by atoms with Gasteiger partial charge in [-0.1, -0.05) is 30.3 Å². The van der Waals surface area contributed by atoms with Crippen molar-refractivity contribution in [2.75, 3.05) is 7.11 Å². The molecule has 7 nitrogen and oxygen atoms in total. The van der Waals surface area contributed by atoms with E-state index in [2.05, 4.69) is 9.84 Å². The van der Waals surface area contributed by atoms with Crippen LogP contribution in [-0.4, -0.2) is 39.0 Å². The van der Waals surface area contributed by atoms with Gasteiger partial charge in [-0.15, -0.1) is 0 Å². The standard InChI is InChI=1S/C22H20FN3O4/c1-13-5-3-4-6-15(13)20-17-11-25(22(28)29)12-19(17)24-26(20)10-14-7-8-18(23)16(9-14)21(27)30-2/h3-9H,10-12H2,1-2H3,(H,28,29). The lowest BCUT2D eigenvalue weighted by Crippen LogP contribution is -2.24. The molecule has 154 valence electrons. The van der Waals surface area contributed by atoms with Gasteiger partial charge in [0.25, 0.3) is 0 Å². The molecule has 0 spiro atoms. The summed E-state index contributed by atoms with van der Waals surface area (Å²) in [5.74, 6) is -1.39. The van der Waals surface area contributed by atoms with E-state index in [9.17, 15) is 19.1 Å². The zero-order valence-electron chi connectivity index (χ0n) is 16.6. The van der Waals surface area contributed by atoms with Crippen LogP contribution in [0.4, 0.5) is 9.18 Å². The van der Waals surface area contributed by atoms with E-state index in [1.165, 1.54) is 24.1 Å². The minimum Gasteiger partial charge on any atom is -0.465 e. The van der Waals surface area contributed by atoms with Gasteiger partial charge in [0.1, 0.15) is 5.82 Å². The van der Waals surface area contributed by atoms with E-state index < -0.39 is 17.9 Å². The molecule has 0 bridgehead atoms. The van der Waals surface area contributed by atoms with Crippen molar-refractivity contribution >= 4 is 12.1 Å². The van der Waals surface area contributed by atoms with Crippen molar-refractivity contribution in [1.29, 1.82) is 0 Å². The van der Waals surface area contributed by atoms with E-state index in [4.69, 9.17) is 0 Å². The van der Waals surface area contributed by atoms with Gasteiger partial charge in [0.15, 0.2) is 0 Å². The molecule has 0 atom stereocenters. The van der Waals surface area contributed by atoms with Crippen molar-refractivity contribution in [2.24, 2.45) is 0 Å². The second kappa shape index (κ2) is 7.62. The largest absolute Gasteiger partial charge is 0.465 e.